The summed E-state index contributed by atoms with van der Waals surface area (Å²) in [6.45, 7) is 5.20. The number of hydrogen-bond acceptors (Lipinski definition) is 6. The van der Waals surface area contributed by atoms with Gasteiger partial charge in [-0.25, -0.2) is 0 Å². The third kappa shape index (κ3) is 3.06. The molecule has 0 radical (unpaired) electrons. The lowest BCUT2D eigenvalue weighted by Gasteiger charge is -2.29. The van der Waals surface area contributed by atoms with Crippen LogP contribution >= 0.6 is 0 Å². The van der Waals surface area contributed by atoms with Crippen molar-refractivity contribution in [2.45, 2.75) is 39.7 Å². The van der Waals surface area contributed by atoms with Crippen LogP contribution in [-0.4, -0.2) is 30.3 Å². The summed E-state index contributed by atoms with van der Waals surface area (Å²) >= 11 is 0. The van der Waals surface area contributed by atoms with Crippen molar-refractivity contribution >= 4 is 18.0 Å². The molecule has 0 bridgehead atoms. The lowest BCUT2D eigenvalue weighted by Crippen LogP contribution is -2.28. The van der Waals surface area contributed by atoms with Crippen LogP contribution < -0.4 is 4.74 Å². The van der Waals surface area contributed by atoms with Crippen LogP contribution in [0.3, 0.4) is 0 Å². The van der Waals surface area contributed by atoms with Gasteiger partial charge < -0.3 is 14.6 Å². The Morgan fingerprint density at radius 2 is 2.04 bits per heavy atom. The van der Waals surface area contributed by atoms with E-state index in [2.05, 4.69) is 0 Å². The molecule has 0 saturated heterocycles. The van der Waals surface area contributed by atoms with Crippen molar-refractivity contribution in [1.29, 1.82) is 0 Å². The van der Waals surface area contributed by atoms with Gasteiger partial charge in [0.1, 0.15) is 17.6 Å². The highest BCUT2D eigenvalue weighted by molar-refractivity contribution is 6.04. The fraction of sp³-hybridized carbons (Fsp3) is 0.471. The van der Waals surface area contributed by atoms with Gasteiger partial charge in [-0.05, 0) is 33.3 Å². The number of Topliss-reactive ketones (excluding diaryl/α,β-unsaturated/α-hetero) is 1. The first-order valence-corrected chi connectivity index (χ1v) is 7.34. The average Bonchev–Trinajstić information content (AvgIpc) is 2.48. The van der Waals surface area contributed by atoms with Gasteiger partial charge in [-0.1, -0.05) is 0 Å². The Morgan fingerprint density at radius 3 is 2.57 bits per heavy atom. The summed E-state index contributed by atoms with van der Waals surface area (Å²) in [6.07, 6.45) is 0.242. The monoisotopic (exact) mass is 320 g/mol. The molecule has 1 aliphatic rings. The van der Waals surface area contributed by atoms with Crippen molar-refractivity contribution in [2.24, 2.45) is 5.41 Å². The molecular weight excluding hydrogens is 300 g/mol. The minimum atomic E-state index is -0.684. The molecule has 0 amide bonds. The number of phenolic OH excluding ortho intramolecular Hbond substituents is 1. The van der Waals surface area contributed by atoms with Crippen LogP contribution in [0, 0.1) is 5.41 Å². The zero-order valence-corrected chi connectivity index (χ0v) is 13.6. The Bertz CT molecular complexity index is 669. The summed E-state index contributed by atoms with van der Waals surface area (Å²) in [5.74, 6) is -0.967. The van der Waals surface area contributed by atoms with E-state index in [4.69, 9.17) is 9.47 Å². The lowest BCUT2D eigenvalue weighted by molar-refractivity contribution is -0.159. The number of carbonyl (C=O) groups excluding carboxylic acids is 3. The molecule has 0 saturated carbocycles. The lowest BCUT2D eigenvalue weighted by atomic mass is 9.85. The first-order valence-electron chi connectivity index (χ1n) is 7.34. The normalized spacial score (nSPS) is 17.4. The second-order valence-corrected chi connectivity index (χ2v) is 6.53. The number of esters is 1. The molecule has 1 aromatic rings. The second kappa shape index (κ2) is 6.02. The number of methoxy groups -OCH3 is 1. The molecule has 1 N–H and O–H groups in total. The summed E-state index contributed by atoms with van der Waals surface area (Å²) in [4.78, 5) is 35.4. The molecular formula is C17H20O6. The topological polar surface area (TPSA) is 89.9 Å². The highest BCUT2D eigenvalue weighted by Gasteiger charge is 2.35. The smallest absolute Gasteiger partial charge is 0.311 e. The van der Waals surface area contributed by atoms with Crippen LogP contribution in [0.2, 0.25) is 0 Å². The second-order valence-electron chi connectivity index (χ2n) is 6.53. The number of hydrogen-bond donors (Lipinski definition) is 1. The van der Waals surface area contributed by atoms with E-state index in [0.717, 1.165) is 0 Å². The van der Waals surface area contributed by atoms with Crippen molar-refractivity contribution in [2.75, 3.05) is 7.11 Å². The Labute approximate surface area is 134 Å². The zero-order chi connectivity index (χ0) is 17.4. The predicted molar refractivity (Wildman–Crippen MR) is 81.9 cm³/mol. The minimum Gasteiger partial charge on any atom is -0.506 e. The number of aldehydes is 1. The third-order valence-electron chi connectivity index (χ3n) is 3.79. The van der Waals surface area contributed by atoms with E-state index in [1.165, 1.54) is 13.2 Å². The Balaban J connectivity index is 2.53. The predicted octanol–water partition coefficient (Wildman–Crippen LogP) is 2.82. The highest BCUT2D eigenvalue weighted by Crippen LogP contribution is 2.42. The fourth-order valence-electron chi connectivity index (χ4n) is 2.48. The summed E-state index contributed by atoms with van der Waals surface area (Å²) in [5, 5.41) is 10.3. The number of fused-ring (bicyclic) bond motifs is 1. The van der Waals surface area contributed by atoms with E-state index >= 15 is 0 Å². The van der Waals surface area contributed by atoms with Crippen LogP contribution in [0.4, 0.5) is 0 Å². The minimum absolute atomic E-state index is 0.0332. The van der Waals surface area contributed by atoms with Crippen molar-refractivity contribution in [3.63, 3.8) is 0 Å². The van der Waals surface area contributed by atoms with Crippen LogP contribution in [-0.2, 0) is 9.53 Å². The molecule has 1 atom stereocenters. The van der Waals surface area contributed by atoms with Crippen LogP contribution in [0.15, 0.2) is 6.07 Å². The van der Waals surface area contributed by atoms with Gasteiger partial charge >= 0.3 is 5.97 Å². The summed E-state index contributed by atoms with van der Waals surface area (Å²) < 4.78 is 10.6. The molecule has 23 heavy (non-hydrogen) atoms. The van der Waals surface area contributed by atoms with Gasteiger partial charge in [-0.3, -0.25) is 14.4 Å². The number of ketones is 1. The van der Waals surface area contributed by atoms with Gasteiger partial charge in [0.2, 0.25) is 0 Å². The molecule has 124 valence electrons. The molecule has 6 heteroatoms. The quantitative estimate of drug-likeness (QED) is 0.680. The molecule has 0 fully saturated rings. The molecule has 1 unspecified atom stereocenters. The number of ether oxygens (including phenoxy) is 2. The molecule has 1 aromatic carbocycles. The van der Waals surface area contributed by atoms with Gasteiger partial charge in [-0.15, -0.1) is 0 Å². The largest absolute Gasteiger partial charge is 0.506 e. The molecule has 0 spiro atoms. The van der Waals surface area contributed by atoms with E-state index in [9.17, 15) is 19.5 Å². The van der Waals surface area contributed by atoms with E-state index in [-0.39, 0.29) is 29.1 Å². The van der Waals surface area contributed by atoms with Gasteiger partial charge in [-0.2, -0.15) is 0 Å². The number of carbonyl (C=O) groups is 3. The maximum Gasteiger partial charge on any atom is 0.311 e. The van der Waals surface area contributed by atoms with Crippen LogP contribution in [0.25, 0.3) is 0 Å². The molecule has 1 aliphatic carbocycles. The van der Waals surface area contributed by atoms with Crippen molar-refractivity contribution in [3.05, 3.63) is 22.8 Å². The van der Waals surface area contributed by atoms with Crippen LogP contribution in [0.5, 0.6) is 11.5 Å². The number of phenols is 1. The van der Waals surface area contributed by atoms with Crippen molar-refractivity contribution in [1.82, 2.24) is 0 Å². The number of aromatic hydroxyl groups is 1. The third-order valence-corrected chi connectivity index (χ3v) is 3.79. The van der Waals surface area contributed by atoms with Gasteiger partial charge in [0, 0.05) is 12.0 Å². The molecule has 0 aliphatic heterocycles. The average molecular weight is 320 g/mol. The first-order chi connectivity index (χ1) is 10.7. The summed E-state index contributed by atoms with van der Waals surface area (Å²) in [7, 11) is 1.36. The van der Waals surface area contributed by atoms with Crippen molar-refractivity contribution < 1.29 is 29.0 Å². The fourth-order valence-corrected chi connectivity index (χ4v) is 2.48. The van der Waals surface area contributed by atoms with Crippen LogP contribution in [0.1, 0.15) is 66.0 Å². The zero-order valence-electron chi connectivity index (χ0n) is 13.6. The maximum atomic E-state index is 12.1. The van der Waals surface area contributed by atoms with Gasteiger partial charge in [0.05, 0.1) is 23.7 Å². The van der Waals surface area contributed by atoms with E-state index in [1.54, 1.807) is 20.8 Å². The molecule has 6 nitrogen and oxygen atoms in total. The first kappa shape index (κ1) is 17.0. The summed E-state index contributed by atoms with van der Waals surface area (Å²) in [6, 6.07) is 1.48. The van der Waals surface area contributed by atoms with Crippen molar-refractivity contribution in [3.8, 4) is 11.5 Å². The Morgan fingerprint density at radius 1 is 1.39 bits per heavy atom. The Kier molecular flexibility index (Phi) is 4.45. The van der Waals surface area contributed by atoms with E-state index < -0.39 is 23.2 Å². The Hall–Kier alpha value is -2.37. The van der Waals surface area contributed by atoms with E-state index in [0.29, 0.717) is 18.3 Å². The maximum absolute atomic E-state index is 12.1. The number of rotatable bonds is 3. The molecule has 0 aromatic heterocycles. The van der Waals surface area contributed by atoms with Gasteiger partial charge in [0.15, 0.2) is 12.1 Å². The number of benzene rings is 1. The molecule has 0 heterocycles. The highest BCUT2D eigenvalue weighted by atomic mass is 16.5. The van der Waals surface area contributed by atoms with E-state index in [1.807, 2.05) is 0 Å². The summed E-state index contributed by atoms with van der Waals surface area (Å²) in [5.41, 5.74) is -0.358. The molecule has 2 rings (SSSR count). The standard InChI is InChI=1S/C17H20O6/c1-17(2,3)16(21)23-12-6-5-11(19)14-9(12)7-13(22-4)10(8-18)15(14)20/h7-8,12,20H,5-6H2,1-4H3. The SMILES string of the molecule is COc1cc2c(c(O)c1C=O)C(=O)CCC2OC(=O)C(C)(C)C. The van der Waals surface area contributed by atoms with Gasteiger partial charge in [0.25, 0.3) is 0 Å².